The Morgan fingerprint density at radius 2 is 1.87 bits per heavy atom. The maximum Gasteiger partial charge on any atom is 0.317 e. The molecule has 5 heteroatoms. The zero-order chi connectivity index (χ0) is 15.8. The van der Waals surface area contributed by atoms with Crippen LogP contribution in [0.2, 0.25) is 0 Å². The Morgan fingerprint density at radius 3 is 2.70 bits per heavy atom. The van der Waals surface area contributed by atoms with Gasteiger partial charge >= 0.3 is 11.1 Å². The van der Waals surface area contributed by atoms with Gasteiger partial charge in [0.1, 0.15) is 0 Å². The molecule has 2 aromatic carbocycles. The lowest BCUT2D eigenvalue weighted by molar-refractivity contribution is 0.760. The van der Waals surface area contributed by atoms with Crippen LogP contribution in [-0.2, 0) is 13.0 Å². The van der Waals surface area contributed by atoms with Crippen molar-refractivity contribution >= 4 is 16.7 Å². The number of hydrogen-bond donors (Lipinski definition) is 2. The number of fused-ring (bicyclic) bond motifs is 3. The maximum atomic E-state index is 12.5. The highest BCUT2D eigenvalue weighted by atomic mass is 16.2. The van der Waals surface area contributed by atoms with Crippen LogP contribution in [0.25, 0.3) is 11.0 Å². The lowest BCUT2D eigenvalue weighted by atomic mass is 10.0. The van der Waals surface area contributed by atoms with Gasteiger partial charge in [0.05, 0.1) is 17.6 Å². The summed E-state index contributed by atoms with van der Waals surface area (Å²) in [7, 11) is 0. The Bertz CT molecular complexity index is 987. The fraction of sp³-hybridized carbons (Fsp3) is 0.222. The number of aromatic nitrogens is 2. The van der Waals surface area contributed by atoms with Gasteiger partial charge in [-0.25, -0.2) is 0 Å². The molecule has 116 valence electrons. The maximum absolute atomic E-state index is 12.5. The van der Waals surface area contributed by atoms with Crippen molar-refractivity contribution in [3.8, 4) is 0 Å². The number of anilines is 1. The van der Waals surface area contributed by atoms with E-state index in [2.05, 4.69) is 10.3 Å². The summed E-state index contributed by atoms with van der Waals surface area (Å²) in [4.78, 5) is 27.2. The normalized spacial score (nSPS) is 13.6. The molecule has 23 heavy (non-hydrogen) atoms. The van der Waals surface area contributed by atoms with E-state index < -0.39 is 11.1 Å². The number of nitrogens with one attached hydrogen (secondary N) is 2. The lowest BCUT2D eigenvalue weighted by Gasteiger charge is -2.21. The van der Waals surface area contributed by atoms with Crippen molar-refractivity contribution in [3.05, 3.63) is 74.3 Å². The van der Waals surface area contributed by atoms with Gasteiger partial charge in [0.25, 0.3) is 0 Å². The van der Waals surface area contributed by atoms with Gasteiger partial charge in [-0.05, 0) is 30.5 Å². The summed E-state index contributed by atoms with van der Waals surface area (Å²) in [5, 5.41) is 3.37. The summed E-state index contributed by atoms with van der Waals surface area (Å²) in [5.41, 5.74) is 3.64. The van der Waals surface area contributed by atoms with Gasteiger partial charge in [-0.15, -0.1) is 0 Å². The minimum Gasteiger partial charge on any atom is -0.385 e. The van der Waals surface area contributed by atoms with Gasteiger partial charge in [0.2, 0.25) is 0 Å². The number of aromatic amines is 1. The summed E-state index contributed by atoms with van der Waals surface area (Å²) < 4.78 is 1.61. The van der Waals surface area contributed by atoms with Crippen LogP contribution >= 0.6 is 0 Å². The minimum atomic E-state index is -0.572. The second-order valence-electron chi connectivity index (χ2n) is 5.85. The lowest BCUT2D eigenvalue weighted by Crippen LogP contribution is -2.37. The molecule has 0 unspecified atom stereocenters. The molecule has 0 bridgehead atoms. The zero-order valence-corrected chi connectivity index (χ0v) is 12.6. The van der Waals surface area contributed by atoms with E-state index in [4.69, 9.17) is 0 Å². The van der Waals surface area contributed by atoms with Crippen molar-refractivity contribution in [1.82, 2.24) is 9.55 Å². The van der Waals surface area contributed by atoms with Crippen molar-refractivity contribution in [2.45, 2.75) is 19.4 Å². The molecule has 2 heterocycles. The third-order valence-corrected chi connectivity index (χ3v) is 4.34. The molecule has 4 rings (SSSR count). The number of hydrogen-bond acceptors (Lipinski definition) is 3. The summed E-state index contributed by atoms with van der Waals surface area (Å²) in [6.07, 6.45) is 1.92. The molecular formula is C18H17N3O2. The van der Waals surface area contributed by atoms with Gasteiger partial charge in [0.15, 0.2) is 0 Å². The van der Waals surface area contributed by atoms with Gasteiger partial charge < -0.3 is 10.3 Å². The molecule has 5 nitrogen and oxygen atoms in total. The number of nitrogens with zero attached hydrogens (tertiary/aromatic N) is 1. The van der Waals surface area contributed by atoms with Gasteiger partial charge in [-0.3, -0.25) is 14.2 Å². The van der Waals surface area contributed by atoms with Crippen LogP contribution in [0.1, 0.15) is 17.5 Å². The van der Waals surface area contributed by atoms with Crippen molar-refractivity contribution in [3.63, 3.8) is 0 Å². The van der Waals surface area contributed by atoms with Crippen molar-refractivity contribution in [2.24, 2.45) is 0 Å². The molecule has 0 saturated heterocycles. The smallest absolute Gasteiger partial charge is 0.317 e. The number of rotatable bonds is 2. The van der Waals surface area contributed by atoms with Gasteiger partial charge in [-0.2, -0.15) is 0 Å². The monoisotopic (exact) mass is 307 g/mol. The van der Waals surface area contributed by atoms with Crippen LogP contribution < -0.4 is 16.4 Å². The first-order valence-corrected chi connectivity index (χ1v) is 7.80. The minimum absolute atomic E-state index is 0.399. The Balaban J connectivity index is 2.02. The van der Waals surface area contributed by atoms with Crippen LogP contribution in [0.5, 0.6) is 0 Å². The molecule has 1 aliphatic heterocycles. The quantitative estimate of drug-likeness (QED) is 0.713. The first-order valence-electron chi connectivity index (χ1n) is 7.80. The number of H-pyrrole nitrogens is 1. The van der Waals surface area contributed by atoms with Crippen LogP contribution in [0.3, 0.4) is 0 Å². The second-order valence-corrected chi connectivity index (χ2v) is 5.85. The van der Waals surface area contributed by atoms with Crippen molar-refractivity contribution < 1.29 is 0 Å². The molecule has 3 aromatic rings. The van der Waals surface area contributed by atoms with E-state index in [1.165, 1.54) is 0 Å². The molecule has 0 aliphatic carbocycles. The van der Waals surface area contributed by atoms with E-state index in [1.807, 2.05) is 42.5 Å². The van der Waals surface area contributed by atoms with E-state index in [9.17, 15) is 9.59 Å². The van der Waals surface area contributed by atoms with E-state index in [1.54, 1.807) is 4.57 Å². The fourth-order valence-corrected chi connectivity index (χ4v) is 3.27. The van der Waals surface area contributed by atoms with Crippen LogP contribution in [-0.4, -0.2) is 16.1 Å². The number of aryl methyl sites for hydroxylation is 1. The standard InChI is InChI=1S/C18H17N3O2/c22-17-18(23)21(11-12-5-2-1-3-6-12)16-13-7-4-10-19-14(13)8-9-15(16)20-17/h1-3,5-6,8-9,19H,4,7,10-11H2,(H,20,22). The highest BCUT2D eigenvalue weighted by molar-refractivity contribution is 5.84. The Hall–Kier alpha value is -2.82. The topological polar surface area (TPSA) is 66.9 Å². The van der Waals surface area contributed by atoms with E-state index in [-0.39, 0.29) is 0 Å². The SMILES string of the molecule is O=c1[nH]c2ccc3c(c2n(Cc2ccccc2)c1=O)CCCN3. The van der Waals surface area contributed by atoms with Gasteiger partial charge in [0, 0.05) is 17.8 Å². The summed E-state index contributed by atoms with van der Waals surface area (Å²) in [6, 6.07) is 13.6. The Morgan fingerprint density at radius 1 is 1.04 bits per heavy atom. The number of benzene rings is 2. The van der Waals surface area contributed by atoms with Crippen LogP contribution in [0, 0.1) is 0 Å². The predicted octanol–water partition coefficient (Wildman–Crippen LogP) is 2.10. The molecule has 1 aromatic heterocycles. The second kappa shape index (κ2) is 5.43. The predicted molar refractivity (Wildman–Crippen MR) is 91.2 cm³/mol. The average molecular weight is 307 g/mol. The first-order chi connectivity index (χ1) is 11.2. The largest absolute Gasteiger partial charge is 0.385 e. The molecule has 0 amide bonds. The first kappa shape index (κ1) is 13.8. The third kappa shape index (κ3) is 2.34. The van der Waals surface area contributed by atoms with E-state index >= 15 is 0 Å². The summed E-state index contributed by atoms with van der Waals surface area (Å²) >= 11 is 0. The molecule has 1 aliphatic rings. The molecule has 0 fully saturated rings. The summed E-state index contributed by atoms with van der Waals surface area (Å²) in [5.74, 6) is 0. The molecule has 0 saturated carbocycles. The van der Waals surface area contributed by atoms with Crippen molar-refractivity contribution in [2.75, 3.05) is 11.9 Å². The van der Waals surface area contributed by atoms with Crippen LogP contribution in [0.4, 0.5) is 5.69 Å². The average Bonchev–Trinajstić information content (AvgIpc) is 2.59. The third-order valence-electron chi connectivity index (χ3n) is 4.34. The van der Waals surface area contributed by atoms with Crippen molar-refractivity contribution in [1.29, 1.82) is 0 Å². The van der Waals surface area contributed by atoms with Crippen LogP contribution in [0.15, 0.2) is 52.1 Å². The fourth-order valence-electron chi connectivity index (χ4n) is 3.27. The molecule has 0 radical (unpaired) electrons. The highest BCUT2D eigenvalue weighted by Crippen LogP contribution is 2.28. The van der Waals surface area contributed by atoms with Gasteiger partial charge in [-0.1, -0.05) is 30.3 Å². The molecule has 0 spiro atoms. The summed E-state index contributed by atoms with van der Waals surface area (Å²) in [6.45, 7) is 1.33. The van der Waals surface area contributed by atoms with E-state index in [0.29, 0.717) is 12.1 Å². The highest BCUT2D eigenvalue weighted by Gasteiger charge is 2.17. The Kier molecular flexibility index (Phi) is 3.26. The molecular weight excluding hydrogens is 290 g/mol. The molecule has 0 atom stereocenters. The zero-order valence-electron chi connectivity index (χ0n) is 12.6. The van der Waals surface area contributed by atoms with E-state index in [0.717, 1.165) is 41.7 Å². The molecule has 2 N–H and O–H groups in total. The Labute approximate surface area is 132 Å².